The fraction of sp³-hybridized carbons (Fsp3) is 0.462. The van der Waals surface area contributed by atoms with E-state index >= 15 is 0 Å². The predicted octanol–water partition coefficient (Wildman–Crippen LogP) is 2.20. The lowest BCUT2D eigenvalue weighted by molar-refractivity contribution is -0.0124. The van der Waals surface area contributed by atoms with Gasteiger partial charge in [-0.2, -0.15) is 0 Å². The van der Waals surface area contributed by atoms with Crippen molar-refractivity contribution in [1.82, 2.24) is 0 Å². The van der Waals surface area contributed by atoms with E-state index in [9.17, 15) is 9.90 Å². The van der Waals surface area contributed by atoms with Crippen molar-refractivity contribution in [2.75, 3.05) is 13.2 Å². The van der Waals surface area contributed by atoms with Gasteiger partial charge in [0, 0.05) is 0 Å². The molecule has 1 aromatic rings. The zero-order valence-electron chi connectivity index (χ0n) is 10.8. The van der Waals surface area contributed by atoms with Crippen LogP contribution in [0.2, 0.25) is 5.02 Å². The molecule has 0 aliphatic carbocycles. The Hall–Kier alpha value is -1.30. The minimum atomic E-state index is -1.17. The van der Waals surface area contributed by atoms with Gasteiger partial charge in [-0.15, -0.1) is 0 Å². The number of carboxylic acid groups (broad SMARTS) is 1. The molecule has 0 saturated heterocycles. The average molecular weight is 289 g/mol. The first-order chi connectivity index (χ1) is 8.91. The highest BCUT2D eigenvalue weighted by Gasteiger charge is 2.16. The summed E-state index contributed by atoms with van der Waals surface area (Å²) in [5.41, 5.74) is -0.110. The van der Waals surface area contributed by atoms with Crippen LogP contribution < -0.4 is 4.74 Å². The molecular formula is C13H17ClO5. The second-order valence-corrected chi connectivity index (χ2v) is 4.67. The third kappa shape index (κ3) is 5.06. The van der Waals surface area contributed by atoms with Crippen LogP contribution in [0.5, 0.6) is 5.75 Å². The Morgan fingerprint density at radius 2 is 2.05 bits per heavy atom. The molecule has 0 radical (unpaired) electrons. The van der Waals surface area contributed by atoms with E-state index in [1.807, 2.05) is 13.8 Å². The molecule has 1 unspecified atom stereocenters. The molecule has 0 fully saturated rings. The van der Waals surface area contributed by atoms with Crippen LogP contribution in [0.3, 0.4) is 0 Å². The maximum Gasteiger partial charge on any atom is 0.341 e. The van der Waals surface area contributed by atoms with Gasteiger partial charge in [0.05, 0.1) is 17.7 Å². The molecule has 1 aromatic carbocycles. The van der Waals surface area contributed by atoms with E-state index in [1.165, 1.54) is 12.1 Å². The first-order valence-corrected chi connectivity index (χ1v) is 6.24. The molecule has 0 saturated carbocycles. The Kier molecular flexibility index (Phi) is 6.08. The fourth-order valence-electron chi connectivity index (χ4n) is 1.37. The summed E-state index contributed by atoms with van der Waals surface area (Å²) in [5.74, 6) is -1.04. The molecule has 0 spiro atoms. The molecular weight excluding hydrogens is 272 g/mol. The van der Waals surface area contributed by atoms with Crippen LogP contribution in [-0.4, -0.2) is 41.6 Å². The molecule has 6 heteroatoms. The van der Waals surface area contributed by atoms with Gasteiger partial charge in [-0.1, -0.05) is 17.7 Å². The molecule has 0 heterocycles. The van der Waals surface area contributed by atoms with Gasteiger partial charge < -0.3 is 19.7 Å². The lowest BCUT2D eigenvalue weighted by atomic mass is 10.2. The summed E-state index contributed by atoms with van der Waals surface area (Å²) >= 11 is 5.79. The Balaban J connectivity index is 2.63. The van der Waals surface area contributed by atoms with Crippen molar-refractivity contribution in [3.8, 4) is 5.75 Å². The fourth-order valence-corrected chi connectivity index (χ4v) is 1.62. The third-order valence-corrected chi connectivity index (χ3v) is 2.56. The van der Waals surface area contributed by atoms with Gasteiger partial charge in [0.1, 0.15) is 24.0 Å². The Morgan fingerprint density at radius 3 is 2.63 bits per heavy atom. The summed E-state index contributed by atoms with van der Waals surface area (Å²) in [6.45, 7) is 3.77. The number of benzene rings is 1. The standard InChI is InChI=1S/C13H17ClO5/c1-8(2)18-6-9(15)7-19-11-5-3-4-10(14)12(11)13(16)17/h3-5,8-9,15H,6-7H2,1-2H3,(H,16,17). The van der Waals surface area contributed by atoms with Gasteiger partial charge in [-0.3, -0.25) is 0 Å². The van der Waals surface area contributed by atoms with Crippen LogP contribution >= 0.6 is 11.6 Å². The van der Waals surface area contributed by atoms with Crippen LogP contribution in [0.15, 0.2) is 18.2 Å². The van der Waals surface area contributed by atoms with E-state index in [0.717, 1.165) is 0 Å². The van der Waals surface area contributed by atoms with Crippen molar-refractivity contribution in [2.45, 2.75) is 26.1 Å². The van der Waals surface area contributed by atoms with Crippen LogP contribution in [-0.2, 0) is 4.74 Å². The molecule has 0 aliphatic rings. The molecule has 0 aromatic heterocycles. The Morgan fingerprint density at radius 1 is 1.37 bits per heavy atom. The summed E-state index contributed by atoms with van der Waals surface area (Å²) in [7, 11) is 0. The number of ether oxygens (including phenoxy) is 2. The van der Waals surface area contributed by atoms with Gasteiger partial charge in [0.2, 0.25) is 0 Å². The van der Waals surface area contributed by atoms with Crippen molar-refractivity contribution in [2.24, 2.45) is 0 Å². The molecule has 106 valence electrons. The second-order valence-electron chi connectivity index (χ2n) is 4.27. The number of aromatic carboxylic acids is 1. The quantitative estimate of drug-likeness (QED) is 0.804. The van der Waals surface area contributed by atoms with Crippen molar-refractivity contribution in [1.29, 1.82) is 0 Å². The number of hydrogen-bond donors (Lipinski definition) is 2. The zero-order chi connectivity index (χ0) is 14.4. The van der Waals surface area contributed by atoms with Crippen LogP contribution in [0.4, 0.5) is 0 Å². The first-order valence-electron chi connectivity index (χ1n) is 5.86. The van der Waals surface area contributed by atoms with Gasteiger partial charge in [-0.25, -0.2) is 4.79 Å². The minimum Gasteiger partial charge on any atom is -0.490 e. The summed E-state index contributed by atoms with van der Waals surface area (Å²) in [4.78, 5) is 11.1. The largest absolute Gasteiger partial charge is 0.490 e. The van der Waals surface area contributed by atoms with E-state index in [-0.39, 0.29) is 35.7 Å². The van der Waals surface area contributed by atoms with Crippen LogP contribution in [0, 0.1) is 0 Å². The Bertz CT molecular complexity index is 433. The van der Waals surface area contributed by atoms with E-state index in [4.69, 9.17) is 26.2 Å². The van der Waals surface area contributed by atoms with E-state index in [0.29, 0.717) is 0 Å². The van der Waals surface area contributed by atoms with Crippen molar-refractivity contribution in [3.05, 3.63) is 28.8 Å². The Labute approximate surface area is 116 Å². The van der Waals surface area contributed by atoms with Gasteiger partial charge in [0.25, 0.3) is 0 Å². The molecule has 19 heavy (non-hydrogen) atoms. The molecule has 0 bridgehead atoms. The highest BCUT2D eigenvalue weighted by molar-refractivity contribution is 6.33. The van der Waals surface area contributed by atoms with Crippen LogP contribution in [0.25, 0.3) is 0 Å². The SMILES string of the molecule is CC(C)OCC(O)COc1cccc(Cl)c1C(=O)O. The smallest absolute Gasteiger partial charge is 0.341 e. The van der Waals surface area contributed by atoms with Crippen molar-refractivity contribution in [3.63, 3.8) is 0 Å². The second kappa shape index (κ2) is 7.33. The topological polar surface area (TPSA) is 76.0 Å². The number of carbonyl (C=O) groups is 1. The molecule has 1 atom stereocenters. The van der Waals surface area contributed by atoms with Gasteiger partial charge in [0.15, 0.2) is 0 Å². The maximum absolute atomic E-state index is 11.1. The number of aliphatic hydroxyl groups excluding tert-OH is 1. The van der Waals surface area contributed by atoms with Gasteiger partial charge >= 0.3 is 5.97 Å². The summed E-state index contributed by atoms with van der Waals surface area (Å²) in [5, 5.41) is 18.8. The molecule has 1 rings (SSSR count). The monoisotopic (exact) mass is 288 g/mol. The summed E-state index contributed by atoms with van der Waals surface area (Å²) in [6.07, 6.45) is -0.821. The molecule has 0 aliphatic heterocycles. The number of halogens is 1. The highest BCUT2D eigenvalue weighted by Crippen LogP contribution is 2.26. The molecule has 2 N–H and O–H groups in total. The zero-order valence-corrected chi connectivity index (χ0v) is 11.6. The number of rotatable bonds is 7. The maximum atomic E-state index is 11.1. The summed E-state index contributed by atoms with van der Waals surface area (Å²) < 4.78 is 10.5. The number of aliphatic hydroxyl groups is 1. The lowest BCUT2D eigenvalue weighted by Gasteiger charge is -2.15. The van der Waals surface area contributed by atoms with E-state index < -0.39 is 12.1 Å². The van der Waals surface area contributed by atoms with Crippen molar-refractivity contribution >= 4 is 17.6 Å². The van der Waals surface area contributed by atoms with Crippen molar-refractivity contribution < 1.29 is 24.5 Å². The molecule has 5 nitrogen and oxygen atoms in total. The number of hydrogen-bond acceptors (Lipinski definition) is 4. The predicted molar refractivity (Wildman–Crippen MR) is 71.0 cm³/mol. The molecule has 0 amide bonds. The highest BCUT2D eigenvalue weighted by atomic mass is 35.5. The van der Waals surface area contributed by atoms with E-state index in [2.05, 4.69) is 0 Å². The lowest BCUT2D eigenvalue weighted by Crippen LogP contribution is -2.25. The van der Waals surface area contributed by atoms with Crippen LogP contribution in [0.1, 0.15) is 24.2 Å². The number of carboxylic acids is 1. The van der Waals surface area contributed by atoms with Gasteiger partial charge in [-0.05, 0) is 26.0 Å². The summed E-state index contributed by atoms with van der Waals surface area (Å²) in [6, 6.07) is 4.54. The van der Waals surface area contributed by atoms with E-state index in [1.54, 1.807) is 6.07 Å². The average Bonchev–Trinajstić information content (AvgIpc) is 2.33. The third-order valence-electron chi connectivity index (χ3n) is 2.24. The minimum absolute atomic E-state index is 0.00963. The normalized spacial score (nSPS) is 12.5. The first kappa shape index (κ1) is 15.8.